The van der Waals surface area contributed by atoms with E-state index in [1.807, 2.05) is 39.2 Å². The first kappa shape index (κ1) is 37.3. The number of primary amides is 1. The summed E-state index contributed by atoms with van der Waals surface area (Å²) >= 11 is 0. The number of aromatic amines is 1. The lowest BCUT2D eigenvalue weighted by molar-refractivity contribution is -0.118. The summed E-state index contributed by atoms with van der Waals surface area (Å²) in [5, 5.41) is 2.18. The van der Waals surface area contributed by atoms with Crippen LogP contribution in [0.1, 0.15) is 90.8 Å². The number of likely N-dealkylation sites (tertiary alicyclic amines) is 1. The summed E-state index contributed by atoms with van der Waals surface area (Å²) in [5.41, 5.74) is 7.16. The van der Waals surface area contributed by atoms with Crippen molar-refractivity contribution in [2.75, 3.05) is 27.2 Å². The van der Waals surface area contributed by atoms with E-state index in [1.54, 1.807) is 7.11 Å². The van der Waals surface area contributed by atoms with Gasteiger partial charge in [-0.2, -0.15) is 0 Å². The van der Waals surface area contributed by atoms with Crippen molar-refractivity contribution in [3.63, 3.8) is 0 Å². The summed E-state index contributed by atoms with van der Waals surface area (Å²) in [6.07, 6.45) is 24.6. The molecule has 1 aliphatic heterocycles. The number of benzene rings is 1. The molecule has 1 saturated carbocycles. The third-order valence-electron chi connectivity index (χ3n) is 7.86. The Hall–Kier alpha value is -3.70. The highest BCUT2D eigenvalue weighted by Crippen LogP contribution is 2.53. The van der Waals surface area contributed by atoms with Crippen molar-refractivity contribution in [1.82, 2.24) is 19.9 Å². The number of aromatic nitrogens is 3. The lowest BCUT2D eigenvalue weighted by atomic mass is 9.94. The highest BCUT2D eigenvalue weighted by Gasteiger charge is 2.43. The van der Waals surface area contributed by atoms with Crippen LogP contribution in [0.2, 0.25) is 0 Å². The van der Waals surface area contributed by atoms with Crippen molar-refractivity contribution in [2.45, 2.75) is 91.4 Å². The zero-order chi connectivity index (χ0) is 32.1. The van der Waals surface area contributed by atoms with E-state index in [2.05, 4.69) is 63.7 Å². The van der Waals surface area contributed by atoms with Gasteiger partial charge >= 0.3 is 0 Å². The van der Waals surface area contributed by atoms with Crippen LogP contribution in [-0.2, 0) is 16.0 Å². The molecule has 3 heterocycles. The van der Waals surface area contributed by atoms with Crippen molar-refractivity contribution in [3.05, 3.63) is 42.5 Å². The van der Waals surface area contributed by atoms with E-state index in [-0.39, 0.29) is 6.41 Å². The van der Waals surface area contributed by atoms with Gasteiger partial charge in [0.1, 0.15) is 11.6 Å². The normalized spacial score (nSPS) is 14.3. The second kappa shape index (κ2) is 21.1. The van der Waals surface area contributed by atoms with Gasteiger partial charge in [-0.1, -0.05) is 45.7 Å². The molecule has 2 fully saturated rings. The van der Waals surface area contributed by atoms with Crippen LogP contribution in [0.5, 0.6) is 5.88 Å². The number of carbonyl (C=O) groups excluding carboxylic acids is 2. The molecule has 3 aromatic rings. The summed E-state index contributed by atoms with van der Waals surface area (Å²) in [6, 6.07) is 8.22. The average molecular weight is 592 g/mol. The van der Waals surface area contributed by atoms with Crippen LogP contribution in [0, 0.1) is 18.3 Å². The van der Waals surface area contributed by atoms with Crippen molar-refractivity contribution in [2.24, 2.45) is 11.1 Å². The quantitative estimate of drug-likeness (QED) is 0.149. The number of piperidine rings is 1. The lowest BCUT2D eigenvalue weighted by Crippen LogP contribution is -2.30. The molecule has 5 rings (SSSR count). The highest BCUT2D eigenvalue weighted by molar-refractivity contribution is 5.86. The Balaban J connectivity index is 0.000000474. The fourth-order valence-electron chi connectivity index (χ4n) is 4.95. The summed E-state index contributed by atoms with van der Waals surface area (Å²) < 4.78 is 5.21. The predicted molar refractivity (Wildman–Crippen MR) is 178 cm³/mol. The third kappa shape index (κ3) is 13.4. The number of hydrogen-bond acceptors (Lipinski definition) is 6. The molecule has 1 aliphatic carbocycles. The number of H-pyrrole nitrogens is 1. The summed E-state index contributed by atoms with van der Waals surface area (Å²) in [5.74, 6) is 2.00. The van der Waals surface area contributed by atoms with Crippen LogP contribution in [0.3, 0.4) is 0 Å². The molecule has 0 radical (unpaired) electrons. The molecule has 0 bridgehead atoms. The van der Waals surface area contributed by atoms with E-state index >= 15 is 0 Å². The number of unbranched alkanes of at least 4 members (excludes halogenated alkanes) is 3. The van der Waals surface area contributed by atoms with Crippen LogP contribution < -0.4 is 10.5 Å². The number of methoxy groups -OCH3 is 1. The maximum Gasteiger partial charge on any atom is 0.213 e. The summed E-state index contributed by atoms with van der Waals surface area (Å²) in [7, 11) is 3.86. The molecule has 8 heteroatoms. The van der Waals surface area contributed by atoms with E-state index in [9.17, 15) is 4.79 Å². The molecule has 43 heavy (non-hydrogen) atoms. The van der Waals surface area contributed by atoms with E-state index in [4.69, 9.17) is 9.53 Å². The molecule has 1 amide bonds. The number of ketones is 1. The number of rotatable bonds is 10. The topological polar surface area (TPSA) is 114 Å². The first-order valence-electron chi connectivity index (χ1n) is 15.6. The second-order valence-electron chi connectivity index (χ2n) is 10.8. The molecular weight excluding hydrogens is 538 g/mol. The Kier molecular flexibility index (Phi) is 18.3. The molecule has 2 aromatic heterocycles. The SMILES string of the molecule is C#C.CC.CCC(=O)CCCCCCc1ncc(-c2ccc3cnc(OC)cc3c2)[nH]1.CN1CCC2(CC1)CC2.NC=O. The number of imidazole rings is 1. The van der Waals surface area contributed by atoms with E-state index in [1.165, 1.54) is 38.8 Å². The van der Waals surface area contributed by atoms with Crippen LogP contribution in [0.25, 0.3) is 22.0 Å². The number of carbonyl (C=O) groups is 2. The zero-order valence-corrected chi connectivity index (χ0v) is 27.0. The van der Waals surface area contributed by atoms with Gasteiger partial charge in [0.15, 0.2) is 0 Å². The van der Waals surface area contributed by atoms with Crippen molar-refractivity contribution < 1.29 is 14.3 Å². The number of ether oxygens (including phenoxy) is 1. The number of pyridine rings is 1. The molecule has 0 unspecified atom stereocenters. The van der Waals surface area contributed by atoms with E-state index < -0.39 is 0 Å². The monoisotopic (exact) mass is 591 g/mol. The molecule has 0 atom stereocenters. The highest BCUT2D eigenvalue weighted by atomic mass is 16.5. The summed E-state index contributed by atoms with van der Waals surface area (Å²) in [6.45, 7) is 8.62. The number of hydrogen-bond donors (Lipinski definition) is 2. The van der Waals surface area contributed by atoms with Gasteiger partial charge in [0.25, 0.3) is 0 Å². The molecule has 3 N–H and O–H groups in total. The van der Waals surface area contributed by atoms with Crippen molar-refractivity contribution in [1.29, 1.82) is 0 Å². The average Bonchev–Trinajstić information content (AvgIpc) is 3.65. The van der Waals surface area contributed by atoms with E-state index in [0.717, 1.165) is 71.8 Å². The van der Waals surface area contributed by atoms with Crippen LogP contribution in [-0.4, -0.2) is 59.3 Å². The van der Waals surface area contributed by atoms with Crippen molar-refractivity contribution >= 4 is 23.0 Å². The number of terminal acetylenes is 1. The molecule has 1 aromatic carbocycles. The maximum absolute atomic E-state index is 11.3. The van der Waals surface area contributed by atoms with E-state index in [0.29, 0.717) is 18.1 Å². The van der Waals surface area contributed by atoms with Gasteiger partial charge < -0.3 is 20.4 Å². The Bertz CT molecular complexity index is 1220. The van der Waals surface area contributed by atoms with Gasteiger partial charge in [-0.3, -0.25) is 9.59 Å². The smallest absolute Gasteiger partial charge is 0.213 e. The van der Waals surface area contributed by atoms with Gasteiger partial charge in [0.2, 0.25) is 12.3 Å². The minimum absolute atomic E-state index is 0.250. The Morgan fingerprint density at radius 1 is 1.02 bits per heavy atom. The zero-order valence-electron chi connectivity index (χ0n) is 27.0. The number of nitrogens with zero attached hydrogens (tertiary/aromatic N) is 3. The number of Topliss-reactive ketones (excluding diaryl/α,β-unsaturated/α-hetero) is 1. The minimum Gasteiger partial charge on any atom is -0.481 e. The number of nitrogens with two attached hydrogens (primary N) is 1. The third-order valence-corrected chi connectivity index (χ3v) is 7.86. The Morgan fingerprint density at radius 3 is 2.28 bits per heavy atom. The molecule has 8 nitrogen and oxygen atoms in total. The van der Waals surface area contributed by atoms with Gasteiger partial charge in [-0.25, -0.2) is 9.97 Å². The van der Waals surface area contributed by atoms with Crippen molar-refractivity contribution in [3.8, 4) is 30.0 Å². The van der Waals surface area contributed by atoms with Crippen LogP contribution >= 0.6 is 0 Å². The minimum atomic E-state index is 0.250. The lowest BCUT2D eigenvalue weighted by Gasteiger charge is -2.28. The largest absolute Gasteiger partial charge is 0.481 e. The number of amides is 1. The molecule has 1 spiro atoms. The predicted octanol–water partition coefficient (Wildman–Crippen LogP) is 6.97. The fraction of sp³-hybridized carbons (Fsp3) is 0.543. The fourth-order valence-corrected chi connectivity index (χ4v) is 4.95. The Labute approximate surface area is 259 Å². The molecule has 236 valence electrons. The van der Waals surface area contributed by atoms with Gasteiger partial charge in [-0.15, -0.1) is 12.8 Å². The standard InChI is InChI=1S/C22H27N3O2.C8H15N.C2H6.C2H2.CH3NO/c1-3-19(26)8-6-4-5-7-9-21-23-15-20(25-21)16-10-11-17-14-24-22(27-2)13-18(17)12-16;1-9-6-4-8(2-3-8)5-7-9;2*1-2;2-1-3/h10-15H,3-9H2,1-2H3,(H,23,25);2-7H2,1H3;1-2H3;1-2H;1H,(H2,2,3). The first-order valence-corrected chi connectivity index (χ1v) is 15.6. The number of aryl methyl sites for hydroxylation is 1. The van der Waals surface area contributed by atoms with Crippen LogP contribution in [0.4, 0.5) is 0 Å². The van der Waals surface area contributed by atoms with Gasteiger partial charge in [0.05, 0.1) is 19.0 Å². The first-order chi connectivity index (χ1) is 20.9. The van der Waals surface area contributed by atoms with Gasteiger partial charge in [-0.05, 0) is 75.5 Å². The summed E-state index contributed by atoms with van der Waals surface area (Å²) in [4.78, 5) is 34.5. The van der Waals surface area contributed by atoms with Gasteiger partial charge in [0, 0.05) is 42.5 Å². The number of fused-ring (bicyclic) bond motifs is 1. The maximum atomic E-state index is 11.3. The Morgan fingerprint density at radius 2 is 1.67 bits per heavy atom. The second-order valence-corrected chi connectivity index (χ2v) is 10.8. The molecule has 1 saturated heterocycles. The molecule has 2 aliphatic rings. The van der Waals surface area contributed by atoms with Crippen LogP contribution in [0.15, 0.2) is 36.7 Å². The molecular formula is C35H53N5O3. The number of nitrogens with one attached hydrogen (secondary N) is 1.